The maximum Gasteiger partial charge on any atom is 0.254 e. The summed E-state index contributed by atoms with van der Waals surface area (Å²) in [6.45, 7) is 3.44. The maximum atomic E-state index is 3.34. The minimum atomic E-state index is 1.15. The van der Waals surface area contributed by atoms with Gasteiger partial charge >= 0.3 is 0 Å². The van der Waals surface area contributed by atoms with Crippen molar-refractivity contribution in [3.63, 3.8) is 0 Å². The van der Waals surface area contributed by atoms with Crippen LogP contribution in [0.4, 0.5) is 0 Å². The van der Waals surface area contributed by atoms with Crippen LogP contribution in [-0.4, -0.2) is 4.98 Å². The lowest BCUT2D eigenvalue weighted by Crippen LogP contribution is -2.42. The average Bonchev–Trinajstić information content (AvgIpc) is 2.47. The Morgan fingerprint density at radius 1 is 1.55 bits per heavy atom. The predicted molar refractivity (Wildman–Crippen MR) is 43.3 cm³/mol. The van der Waals surface area contributed by atoms with Gasteiger partial charge in [-0.1, -0.05) is 6.92 Å². The summed E-state index contributed by atoms with van der Waals surface area (Å²) in [6, 6.07) is 0. The van der Waals surface area contributed by atoms with Crippen molar-refractivity contribution >= 4 is 0 Å². The van der Waals surface area contributed by atoms with Gasteiger partial charge in [-0.25, -0.2) is 9.55 Å². The van der Waals surface area contributed by atoms with Crippen molar-refractivity contribution in [3.05, 3.63) is 17.7 Å². The van der Waals surface area contributed by atoms with Gasteiger partial charge < -0.3 is 0 Å². The van der Waals surface area contributed by atoms with Crippen molar-refractivity contribution in [3.8, 4) is 0 Å². The van der Waals surface area contributed by atoms with Crippen LogP contribution in [0.2, 0.25) is 0 Å². The first-order valence-corrected chi connectivity index (χ1v) is 4.51. The molecule has 1 aromatic rings. The van der Waals surface area contributed by atoms with Gasteiger partial charge in [-0.3, -0.25) is 0 Å². The van der Waals surface area contributed by atoms with Gasteiger partial charge in [0.2, 0.25) is 0 Å². The molecule has 2 heteroatoms. The number of nitrogens with one attached hydrogen (secondary N) is 1. The van der Waals surface area contributed by atoms with Crippen LogP contribution in [0.5, 0.6) is 0 Å². The number of H-pyrrole nitrogens is 1. The molecule has 2 nitrogen and oxygen atoms in total. The minimum absolute atomic E-state index is 1.15. The molecule has 2 rings (SSSR count). The smallest absolute Gasteiger partial charge is 0.247 e. The Morgan fingerprint density at radius 3 is 3.27 bits per heavy atom. The second kappa shape index (κ2) is 2.68. The molecule has 0 spiro atoms. The highest BCUT2D eigenvalue weighted by atomic mass is 15.1. The molecule has 0 fully saturated rings. The van der Waals surface area contributed by atoms with E-state index in [1.54, 1.807) is 0 Å². The molecule has 1 aliphatic rings. The van der Waals surface area contributed by atoms with Gasteiger partial charge in [-0.2, -0.15) is 0 Å². The Balaban J connectivity index is 2.38. The molecule has 0 aliphatic carbocycles. The number of hydrogen-bond donors (Lipinski definition) is 1. The van der Waals surface area contributed by atoms with Crippen molar-refractivity contribution < 1.29 is 4.57 Å². The van der Waals surface area contributed by atoms with Crippen molar-refractivity contribution in [1.29, 1.82) is 0 Å². The van der Waals surface area contributed by atoms with E-state index in [2.05, 4.69) is 22.7 Å². The molecule has 0 saturated heterocycles. The van der Waals surface area contributed by atoms with Gasteiger partial charge in [0.15, 0.2) is 0 Å². The monoisotopic (exact) mass is 151 g/mol. The third-order valence-electron chi connectivity index (χ3n) is 2.49. The van der Waals surface area contributed by atoms with E-state index in [1.165, 1.54) is 37.3 Å². The summed E-state index contributed by atoms with van der Waals surface area (Å²) in [6.07, 6.45) is 7.24. The van der Waals surface area contributed by atoms with Gasteiger partial charge in [0, 0.05) is 12.8 Å². The molecule has 0 radical (unpaired) electrons. The fourth-order valence-corrected chi connectivity index (χ4v) is 1.84. The topological polar surface area (TPSA) is 19.7 Å². The van der Waals surface area contributed by atoms with E-state index in [4.69, 9.17) is 0 Å². The van der Waals surface area contributed by atoms with Gasteiger partial charge in [0.1, 0.15) is 11.9 Å². The maximum absolute atomic E-state index is 3.34. The van der Waals surface area contributed by atoms with Crippen LogP contribution < -0.4 is 4.57 Å². The van der Waals surface area contributed by atoms with Crippen molar-refractivity contribution in [1.82, 2.24) is 4.98 Å². The number of imidazole rings is 1. The van der Waals surface area contributed by atoms with E-state index in [-0.39, 0.29) is 0 Å². The SMILES string of the molecule is CCc1c[nH]c2[n+]1CCCC2. The molecular formula is C9H15N2+. The number of aromatic nitrogens is 2. The largest absolute Gasteiger partial charge is 0.254 e. The zero-order valence-corrected chi connectivity index (χ0v) is 7.06. The van der Waals surface area contributed by atoms with Gasteiger partial charge in [-0.15, -0.1) is 0 Å². The number of hydrogen-bond acceptors (Lipinski definition) is 0. The van der Waals surface area contributed by atoms with Crippen molar-refractivity contribution in [2.45, 2.75) is 39.2 Å². The summed E-state index contributed by atoms with van der Waals surface area (Å²) in [4.78, 5) is 3.34. The van der Waals surface area contributed by atoms with E-state index < -0.39 is 0 Å². The molecule has 0 bridgehead atoms. The fraction of sp³-hybridized carbons (Fsp3) is 0.667. The first kappa shape index (κ1) is 6.89. The molecule has 11 heavy (non-hydrogen) atoms. The quantitative estimate of drug-likeness (QED) is 0.582. The third kappa shape index (κ3) is 1.06. The van der Waals surface area contributed by atoms with Crippen LogP contribution in [-0.2, 0) is 19.4 Å². The molecule has 1 aromatic heterocycles. The minimum Gasteiger partial charge on any atom is -0.247 e. The molecule has 2 heterocycles. The van der Waals surface area contributed by atoms with E-state index in [1.807, 2.05) is 0 Å². The van der Waals surface area contributed by atoms with E-state index >= 15 is 0 Å². The molecule has 0 saturated carbocycles. The summed E-state index contributed by atoms with van der Waals surface area (Å²) >= 11 is 0. The summed E-state index contributed by atoms with van der Waals surface area (Å²) in [7, 11) is 0. The van der Waals surface area contributed by atoms with Crippen LogP contribution in [0.1, 0.15) is 31.3 Å². The number of nitrogens with zero attached hydrogens (tertiary/aromatic N) is 1. The molecule has 0 amide bonds. The lowest BCUT2D eigenvalue weighted by atomic mass is 10.1. The normalized spacial score (nSPS) is 16.5. The van der Waals surface area contributed by atoms with Crippen LogP contribution in [0.15, 0.2) is 6.20 Å². The van der Waals surface area contributed by atoms with Crippen LogP contribution >= 0.6 is 0 Å². The number of rotatable bonds is 1. The Kier molecular flexibility index (Phi) is 1.68. The summed E-state index contributed by atoms with van der Waals surface area (Å²) < 4.78 is 2.43. The summed E-state index contributed by atoms with van der Waals surface area (Å²) in [5.74, 6) is 1.42. The standard InChI is InChI=1S/C9H14N2/c1-2-8-7-10-9-5-3-4-6-11(8)9/h7H,2-6H2,1H3/p+1. The lowest BCUT2D eigenvalue weighted by molar-refractivity contribution is -0.714. The highest BCUT2D eigenvalue weighted by Crippen LogP contribution is 2.07. The Hall–Kier alpha value is -0.790. The molecule has 0 unspecified atom stereocenters. The molecule has 1 aliphatic heterocycles. The van der Waals surface area contributed by atoms with Crippen LogP contribution in [0.3, 0.4) is 0 Å². The summed E-state index contributed by atoms with van der Waals surface area (Å²) in [5, 5.41) is 0. The van der Waals surface area contributed by atoms with Crippen molar-refractivity contribution in [2.75, 3.05) is 0 Å². The second-order valence-electron chi connectivity index (χ2n) is 3.19. The molecular weight excluding hydrogens is 136 g/mol. The fourth-order valence-electron chi connectivity index (χ4n) is 1.84. The Morgan fingerprint density at radius 2 is 2.45 bits per heavy atom. The molecule has 1 N–H and O–H groups in total. The molecule has 0 aromatic carbocycles. The average molecular weight is 151 g/mol. The van der Waals surface area contributed by atoms with Crippen molar-refractivity contribution in [2.24, 2.45) is 0 Å². The van der Waals surface area contributed by atoms with E-state index in [0.717, 1.165) is 6.42 Å². The number of aromatic amines is 1. The van der Waals surface area contributed by atoms with Gasteiger partial charge in [0.05, 0.1) is 6.54 Å². The van der Waals surface area contributed by atoms with Crippen LogP contribution in [0, 0.1) is 0 Å². The molecule has 0 atom stereocenters. The Labute approximate surface area is 67.3 Å². The predicted octanol–water partition coefficient (Wildman–Crippen LogP) is 1.20. The first-order valence-electron chi connectivity index (χ1n) is 4.51. The Bertz CT molecular complexity index is 237. The lowest BCUT2D eigenvalue weighted by Gasteiger charge is -2.08. The zero-order chi connectivity index (χ0) is 7.68. The third-order valence-corrected chi connectivity index (χ3v) is 2.49. The van der Waals surface area contributed by atoms with E-state index in [9.17, 15) is 0 Å². The molecule has 60 valence electrons. The number of aryl methyl sites for hydroxylation is 2. The summed E-state index contributed by atoms with van der Waals surface area (Å²) in [5.41, 5.74) is 1.46. The second-order valence-corrected chi connectivity index (χ2v) is 3.19. The first-order chi connectivity index (χ1) is 5.42. The van der Waals surface area contributed by atoms with E-state index in [0.29, 0.717) is 0 Å². The highest BCUT2D eigenvalue weighted by Gasteiger charge is 2.19. The zero-order valence-electron chi connectivity index (χ0n) is 7.06. The van der Waals surface area contributed by atoms with Gasteiger partial charge in [-0.05, 0) is 12.8 Å². The highest BCUT2D eigenvalue weighted by molar-refractivity contribution is 4.92. The van der Waals surface area contributed by atoms with Crippen LogP contribution in [0.25, 0.3) is 0 Å². The number of fused-ring (bicyclic) bond motifs is 1. The van der Waals surface area contributed by atoms with Gasteiger partial charge in [0.25, 0.3) is 5.82 Å².